The Labute approximate surface area is 137 Å². The summed E-state index contributed by atoms with van der Waals surface area (Å²) in [6.45, 7) is 8.34. The average Bonchev–Trinajstić information content (AvgIpc) is 2.91. The topological polar surface area (TPSA) is 49.9 Å². The van der Waals surface area contributed by atoms with E-state index in [1.54, 1.807) is 4.90 Å². The molecule has 0 radical (unpaired) electrons. The third-order valence-corrected chi connectivity index (χ3v) is 4.89. The van der Waals surface area contributed by atoms with Gasteiger partial charge in [0.05, 0.1) is 18.6 Å². The molecule has 2 amide bonds. The molecule has 2 unspecified atom stereocenters. The highest BCUT2D eigenvalue weighted by molar-refractivity contribution is 6.00. The van der Waals surface area contributed by atoms with Gasteiger partial charge in [0.15, 0.2) is 0 Å². The van der Waals surface area contributed by atoms with Crippen molar-refractivity contribution in [3.05, 3.63) is 29.3 Å². The number of morpholine rings is 1. The molecule has 0 aliphatic carbocycles. The minimum atomic E-state index is -0.243. The molecule has 2 aliphatic rings. The van der Waals surface area contributed by atoms with Crippen LogP contribution in [0.3, 0.4) is 0 Å². The Bertz CT molecular complexity index is 629. The number of carbonyl (C=O) groups is 2. The summed E-state index contributed by atoms with van der Waals surface area (Å²) in [6, 6.07) is 5.96. The normalized spacial score (nSPS) is 25.1. The molecule has 0 spiro atoms. The van der Waals surface area contributed by atoms with E-state index in [9.17, 15) is 9.59 Å². The Morgan fingerprint density at radius 2 is 2.04 bits per heavy atom. The lowest BCUT2D eigenvalue weighted by Crippen LogP contribution is -2.47. The maximum atomic E-state index is 12.7. The van der Waals surface area contributed by atoms with Crippen molar-refractivity contribution >= 4 is 17.5 Å². The molecule has 5 heteroatoms. The van der Waals surface area contributed by atoms with E-state index in [-0.39, 0.29) is 23.8 Å². The molecule has 0 aromatic heterocycles. The molecule has 0 bridgehead atoms. The van der Waals surface area contributed by atoms with Gasteiger partial charge in [-0.25, -0.2) is 0 Å². The third kappa shape index (κ3) is 3.11. The van der Waals surface area contributed by atoms with E-state index in [1.807, 2.05) is 43.9 Å². The second-order valence-electron chi connectivity index (χ2n) is 6.59. The number of hydrogen-bond acceptors (Lipinski definition) is 3. The molecule has 2 fully saturated rings. The van der Waals surface area contributed by atoms with Gasteiger partial charge in [-0.05, 0) is 38.0 Å². The van der Waals surface area contributed by atoms with Crippen molar-refractivity contribution in [2.24, 2.45) is 5.92 Å². The Balaban J connectivity index is 1.74. The van der Waals surface area contributed by atoms with Gasteiger partial charge in [-0.2, -0.15) is 0 Å². The summed E-state index contributed by atoms with van der Waals surface area (Å²) in [5.41, 5.74) is 3.20. The van der Waals surface area contributed by atoms with Crippen LogP contribution in [0.1, 0.15) is 24.5 Å². The lowest BCUT2D eigenvalue weighted by atomic mass is 10.1. The van der Waals surface area contributed by atoms with Gasteiger partial charge in [-0.15, -0.1) is 0 Å². The number of amides is 2. The maximum Gasteiger partial charge on any atom is 0.228 e. The molecule has 3 rings (SSSR count). The second kappa shape index (κ2) is 6.32. The monoisotopic (exact) mass is 316 g/mol. The van der Waals surface area contributed by atoms with Gasteiger partial charge in [0.25, 0.3) is 0 Å². The Kier molecular flexibility index (Phi) is 4.39. The largest absolute Gasteiger partial charge is 0.375 e. The van der Waals surface area contributed by atoms with E-state index in [0.717, 1.165) is 16.8 Å². The third-order valence-electron chi connectivity index (χ3n) is 4.89. The zero-order valence-electron chi connectivity index (χ0n) is 14.0. The molecule has 23 heavy (non-hydrogen) atoms. The zero-order valence-corrected chi connectivity index (χ0v) is 14.0. The van der Waals surface area contributed by atoms with E-state index in [4.69, 9.17) is 4.74 Å². The number of nitrogens with zero attached hydrogens (tertiary/aromatic N) is 2. The van der Waals surface area contributed by atoms with Crippen LogP contribution in [0.25, 0.3) is 0 Å². The fourth-order valence-corrected chi connectivity index (χ4v) is 3.41. The summed E-state index contributed by atoms with van der Waals surface area (Å²) in [5.74, 6) is -0.118. The van der Waals surface area contributed by atoms with Gasteiger partial charge in [-0.1, -0.05) is 12.1 Å². The number of ether oxygens (including phenoxy) is 1. The first-order valence-electron chi connectivity index (χ1n) is 8.24. The van der Waals surface area contributed by atoms with Crippen molar-refractivity contribution in [3.63, 3.8) is 0 Å². The van der Waals surface area contributed by atoms with Crippen LogP contribution in [0.2, 0.25) is 0 Å². The van der Waals surface area contributed by atoms with Gasteiger partial charge in [0, 0.05) is 31.7 Å². The molecule has 5 nitrogen and oxygen atoms in total. The quantitative estimate of drug-likeness (QED) is 0.837. The minimum absolute atomic E-state index is 0.0401. The van der Waals surface area contributed by atoms with Crippen LogP contribution in [0.15, 0.2) is 18.2 Å². The van der Waals surface area contributed by atoms with Gasteiger partial charge >= 0.3 is 0 Å². The van der Waals surface area contributed by atoms with E-state index in [0.29, 0.717) is 32.7 Å². The molecule has 2 aliphatic heterocycles. The number of carbonyl (C=O) groups excluding carboxylic acids is 2. The van der Waals surface area contributed by atoms with Crippen molar-refractivity contribution in [2.45, 2.75) is 33.3 Å². The highest BCUT2D eigenvalue weighted by Crippen LogP contribution is 2.30. The first-order chi connectivity index (χ1) is 11.0. The zero-order chi connectivity index (χ0) is 16.6. The van der Waals surface area contributed by atoms with Crippen LogP contribution < -0.4 is 4.90 Å². The first kappa shape index (κ1) is 16.0. The molecular formula is C18H24N2O3. The van der Waals surface area contributed by atoms with Crippen LogP contribution in [-0.2, 0) is 14.3 Å². The van der Waals surface area contributed by atoms with Crippen LogP contribution in [-0.4, -0.2) is 49.1 Å². The molecular weight excluding hydrogens is 292 g/mol. The SMILES string of the molecule is Cc1cccc(N2CC(C(=O)N3CCOC(C)C3)CC2=O)c1C. The lowest BCUT2D eigenvalue weighted by Gasteiger charge is -2.32. The van der Waals surface area contributed by atoms with E-state index in [2.05, 4.69) is 0 Å². The minimum Gasteiger partial charge on any atom is -0.375 e. The van der Waals surface area contributed by atoms with Crippen LogP contribution in [0.4, 0.5) is 5.69 Å². The van der Waals surface area contributed by atoms with Crippen LogP contribution in [0, 0.1) is 19.8 Å². The smallest absolute Gasteiger partial charge is 0.228 e. The lowest BCUT2D eigenvalue weighted by molar-refractivity contribution is -0.142. The van der Waals surface area contributed by atoms with Gasteiger partial charge in [0.1, 0.15) is 0 Å². The molecule has 0 N–H and O–H groups in total. The summed E-state index contributed by atoms with van der Waals surface area (Å²) >= 11 is 0. The predicted octanol–water partition coefficient (Wildman–Crippen LogP) is 1.90. The average molecular weight is 316 g/mol. The van der Waals surface area contributed by atoms with Crippen molar-refractivity contribution < 1.29 is 14.3 Å². The van der Waals surface area contributed by atoms with E-state index in [1.165, 1.54) is 0 Å². The number of aryl methyl sites for hydroxylation is 1. The van der Waals surface area contributed by atoms with Crippen molar-refractivity contribution in [2.75, 3.05) is 31.1 Å². The number of rotatable bonds is 2. The Morgan fingerprint density at radius 3 is 2.78 bits per heavy atom. The van der Waals surface area contributed by atoms with Crippen molar-refractivity contribution in [3.8, 4) is 0 Å². The number of anilines is 1. The molecule has 2 saturated heterocycles. The summed E-state index contributed by atoms with van der Waals surface area (Å²) in [4.78, 5) is 28.8. The summed E-state index contributed by atoms with van der Waals surface area (Å²) in [6.07, 6.45) is 0.373. The van der Waals surface area contributed by atoms with Gasteiger partial charge in [-0.3, -0.25) is 9.59 Å². The van der Waals surface area contributed by atoms with Crippen molar-refractivity contribution in [1.29, 1.82) is 0 Å². The van der Waals surface area contributed by atoms with Crippen molar-refractivity contribution in [1.82, 2.24) is 4.90 Å². The Hall–Kier alpha value is -1.88. The summed E-state index contributed by atoms with van der Waals surface area (Å²) in [5, 5.41) is 0. The standard InChI is InChI=1S/C18H24N2O3/c1-12-5-4-6-16(14(12)3)20-11-15(9-17(20)21)18(22)19-7-8-23-13(2)10-19/h4-6,13,15H,7-11H2,1-3H3. The fraction of sp³-hybridized carbons (Fsp3) is 0.556. The highest BCUT2D eigenvalue weighted by Gasteiger charge is 2.38. The highest BCUT2D eigenvalue weighted by atomic mass is 16.5. The van der Waals surface area contributed by atoms with E-state index >= 15 is 0 Å². The molecule has 2 atom stereocenters. The number of hydrogen-bond donors (Lipinski definition) is 0. The first-order valence-corrected chi connectivity index (χ1v) is 8.24. The molecule has 124 valence electrons. The summed E-state index contributed by atoms with van der Waals surface area (Å²) in [7, 11) is 0. The van der Waals surface area contributed by atoms with E-state index < -0.39 is 0 Å². The number of benzene rings is 1. The predicted molar refractivity (Wildman–Crippen MR) is 88.4 cm³/mol. The maximum absolute atomic E-state index is 12.7. The molecule has 0 saturated carbocycles. The molecule has 1 aromatic carbocycles. The van der Waals surface area contributed by atoms with Crippen LogP contribution in [0.5, 0.6) is 0 Å². The van der Waals surface area contributed by atoms with Crippen LogP contribution >= 0.6 is 0 Å². The summed E-state index contributed by atoms with van der Waals surface area (Å²) < 4.78 is 5.49. The van der Waals surface area contributed by atoms with Gasteiger partial charge in [0.2, 0.25) is 11.8 Å². The molecule has 1 aromatic rings. The second-order valence-corrected chi connectivity index (χ2v) is 6.59. The van der Waals surface area contributed by atoms with Gasteiger partial charge < -0.3 is 14.5 Å². The molecule has 2 heterocycles. The Morgan fingerprint density at radius 1 is 1.26 bits per heavy atom. The fourth-order valence-electron chi connectivity index (χ4n) is 3.41.